The first kappa shape index (κ1) is 11.4. The van der Waals surface area contributed by atoms with Gasteiger partial charge in [0.25, 0.3) is 0 Å². The van der Waals surface area contributed by atoms with Gasteiger partial charge >= 0.3 is 0 Å². The van der Waals surface area contributed by atoms with Crippen LogP contribution in [0.1, 0.15) is 22.6 Å². The van der Waals surface area contributed by atoms with Crippen LogP contribution in [0.15, 0.2) is 49.9 Å². The Kier molecular flexibility index (Phi) is 2.78. The molecule has 2 aliphatic rings. The van der Waals surface area contributed by atoms with E-state index in [1.807, 2.05) is 29.3 Å². The molecule has 0 saturated carbocycles. The smallest absolute Gasteiger partial charge is 0.110 e. The van der Waals surface area contributed by atoms with Gasteiger partial charge in [-0.1, -0.05) is 24.3 Å². The topological polar surface area (TPSA) is 24.7 Å². The summed E-state index contributed by atoms with van der Waals surface area (Å²) in [6, 6.07) is 11.1. The van der Waals surface area contributed by atoms with E-state index in [0.29, 0.717) is 5.92 Å². The lowest BCUT2D eigenvalue weighted by Gasteiger charge is -2.20. The molecule has 4 heteroatoms. The second kappa shape index (κ2) is 4.62. The summed E-state index contributed by atoms with van der Waals surface area (Å²) in [5.41, 5.74) is 4.24. The van der Waals surface area contributed by atoms with Gasteiger partial charge < -0.3 is 0 Å². The van der Waals surface area contributed by atoms with Crippen molar-refractivity contribution in [3.8, 4) is 0 Å². The Labute approximate surface area is 120 Å². The van der Waals surface area contributed by atoms with Crippen LogP contribution in [0.5, 0.6) is 0 Å². The Hall–Kier alpha value is -1.39. The number of aliphatic imine (C=N–C) groups is 2. The fourth-order valence-corrected chi connectivity index (χ4v) is 4.95. The van der Waals surface area contributed by atoms with Gasteiger partial charge in [-0.3, -0.25) is 4.99 Å². The Morgan fingerprint density at radius 2 is 2.05 bits per heavy atom. The van der Waals surface area contributed by atoms with E-state index in [2.05, 4.69) is 45.7 Å². The third kappa shape index (κ3) is 1.86. The predicted molar refractivity (Wildman–Crippen MR) is 82.9 cm³/mol. The van der Waals surface area contributed by atoms with Crippen LogP contribution in [0.4, 0.5) is 0 Å². The van der Waals surface area contributed by atoms with Gasteiger partial charge in [0, 0.05) is 17.9 Å². The number of rotatable bonds is 1. The standard InChI is InChI=1S/C15H12N2S2/c1-2-4-11-10(3-1)8-19-15-12(5-6-18-15)14(11)13-7-16-9-17-13/h1-7,9,13-14H,8H2/t13-,14-/m0/s1. The summed E-state index contributed by atoms with van der Waals surface area (Å²) in [6.45, 7) is 0. The highest BCUT2D eigenvalue weighted by Crippen LogP contribution is 2.45. The van der Waals surface area contributed by atoms with E-state index in [1.54, 1.807) is 6.34 Å². The second-order valence-electron chi connectivity index (χ2n) is 4.68. The minimum absolute atomic E-state index is 0.146. The van der Waals surface area contributed by atoms with Crippen LogP contribution < -0.4 is 0 Å². The lowest BCUT2D eigenvalue weighted by Crippen LogP contribution is -2.18. The SMILES string of the molecule is C1=NC=N[C@@H]1[C@H]1c2ccccc2CSc2sccc21. The van der Waals surface area contributed by atoms with Crippen molar-refractivity contribution in [2.75, 3.05) is 0 Å². The van der Waals surface area contributed by atoms with E-state index >= 15 is 0 Å². The maximum Gasteiger partial charge on any atom is 0.110 e. The molecule has 2 atom stereocenters. The molecule has 0 fully saturated rings. The van der Waals surface area contributed by atoms with Gasteiger partial charge in [-0.25, -0.2) is 4.99 Å². The molecule has 4 rings (SSSR count). The largest absolute Gasteiger partial charge is 0.263 e. The summed E-state index contributed by atoms with van der Waals surface area (Å²) in [5.74, 6) is 1.36. The first-order valence-corrected chi connectivity index (χ1v) is 8.13. The summed E-state index contributed by atoms with van der Waals surface area (Å²) >= 11 is 3.78. The van der Waals surface area contributed by atoms with Crippen LogP contribution in [-0.2, 0) is 5.75 Å². The summed E-state index contributed by atoms with van der Waals surface area (Å²) in [5, 5.41) is 2.19. The molecule has 2 nitrogen and oxygen atoms in total. The van der Waals surface area contributed by atoms with Crippen LogP contribution >= 0.6 is 23.1 Å². The molecule has 0 spiro atoms. The number of nitrogens with zero attached hydrogens (tertiary/aromatic N) is 2. The minimum Gasteiger partial charge on any atom is -0.263 e. The van der Waals surface area contributed by atoms with Crippen molar-refractivity contribution < 1.29 is 0 Å². The number of thioether (sulfide) groups is 1. The summed E-state index contributed by atoms with van der Waals surface area (Å²) < 4.78 is 1.43. The van der Waals surface area contributed by atoms with E-state index in [9.17, 15) is 0 Å². The summed E-state index contributed by atoms with van der Waals surface area (Å²) in [4.78, 5) is 8.71. The molecule has 3 heterocycles. The van der Waals surface area contributed by atoms with Gasteiger partial charge in [0.05, 0.1) is 10.3 Å². The maximum absolute atomic E-state index is 4.53. The van der Waals surface area contributed by atoms with Gasteiger partial charge in [0.1, 0.15) is 6.34 Å². The van der Waals surface area contributed by atoms with Crippen molar-refractivity contribution in [2.45, 2.75) is 21.9 Å². The molecule has 1 aromatic heterocycles. The molecule has 0 unspecified atom stereocenters. The highest BCUT2D eigenvalue weighted by atomic mass is 32.2. The van der Waals surface area contributed by atoms with Crippen molar-refractivity contribution in [3.63, 3.8) is 0 Å². The summed E-state index contributed by atoms with van der Waals surface area (Å²) in [7, 11) is 0. The van der Waals surface area contributed by atoms with Gasteiger partial charge in [0.15, 0.2) is 0 Å². The molecule has 2 aliphatic heterocycles. The van der Waals surface area contributed by atoms with Crippen molar-refractivity contribution in [3.05, 3.63) is 52.4 Å². The van der Waals surface area contributed by atoms with Gasteiger partial charge in [-0.2, -0.15) is 0 Å². The van der Waals surface area contributed by atoms with Crippen LogP contribution in [0.25, 0.3) is 0 Å². The van der Waals surface area contributed by atoms with E-state index in [1.165, 1.54) is 20.9 Å². The Bertz CT molecular complexity index is 660. The zero-order valence-electron chi connectivity index (χ0n) is 10.2. The molecule has 2 aromatic rings. The van der Waals surface area contributed by atoms with Crippen LogP contribution in [0.3, 0.4) is 0 Å². The molecule has 94 valence electrons. The molecule has 0 aliphatic carbocycles. The van der Waals surface area contributed by atoms with Crippen molar-refractivity contribution in [1.29, 1.82) is 0 Å². The highest BCUT2D eigenvalue weighted by Gasteiger charge is 2.31. The van der Waals surface area contributed by atoms with E-state index in [0.717, 1.165) is 5.75 Å². The quantitative estimate of drug-likeness (QED) is 0.777. The van der Waals surface area contributed by atoms with E-state index < -0.39 is 0 Å². The van der Waals surface area contributed by atoms with E-state index in [4.69, 9.17) is 0 Å². The molecule has 0 amide bonds. The average Bonchev–Trinajstić information content (AvgIpc) is 3.09. The van der Waals surface area contributed by atoms with Crippen LogP contribution in [0.2, 0.25) is 0 Å². The number of hydrogen-bond acceptors (Lipinski definition) is 4. The highest BCUT2D eigenvalue weighted by molar-refractivity contribution is 8.00. The lowest BCUT2D eigenvalue weighted by molar-refractivity contribution is 0.743. The molecule has 0 N–H and O–H groups in total. The number of thiophene rings is 1. The molecule has 19 heavy (non-hydrogen) atoms. The van der Waals surface area contributed by atoms with Gasteiger partial charge in [0.2, 0.25) is 0 Å². The monoisotopic (exact) mass is 284 g/mol. The predicted octanol–water partition coefficient (Wildman–Crippen LogP) is 3.97. The third-order valence-corrected chi connectivity index (χ3v) is 5.95. The first-order chi connectivity index (χ1) is 9.43. The molecule has 0 radical (unpaired) electrons. The maximum atomic E-state index is 4.53. The van der Waals surface area contributed by atoms with Crippen LogP contribution in [0, 0.1) is 0 Å². The Balaban J connectivity index is 1.92. The minimum atomic E-state index is 0.146. The Morgan fingerprint density at radius 3 is 2.95 bits per heavy atom. The third-order valence-electron chi connectivity index (χ3n) is 3.63. The average molecular weight is 284 g/mol. The summed E-state index contributed by atoms with van der Waals surface area (Å²) in [6.07, 6.45) is 3.65. The zero-order chi connectivity index (χ0) is 12.7. The van der Waals surface area contributed by atoms with E-state index in [-0.39, 0.29) is 6.04 Å². The second-order valence-corrected chi connectivity index (χ2v) is 6.84. The number of benzene rings is 1. The molecule has 0 saturated heterocycles. The number of hydrogen-bond donors (Lipinski definition) is 0. The normalized spacial score (nSPS) is 24.0. The molecule has 0 bridgehead atoms. The first-order valence-electron chi connectivity index (χ1n) is 6.26. The fraction of sp³-hybridized carbons (Fsp3) is 0.200. The zero-order valence-corrected chi connectivity index (χ0v) is 11.8. The fourth-order valence-electron chi connectivity index (χ4n) is 2.75. The molecule has 1 aromatic carbocycles. The Morgan fingerprint density at radius 1 is 1.11 bits per heavy atom. The van der Waals surface area contributed by atoms with Gasteiger partial charge in [-0.15, -0.1) is 23.1 Å². The van der Waals surface area contributed by atoms with Crippen molar-refractivity contribution >= 4 is 35.7 Å². The molecular formula is C15H12N2S2. The number of fused-ring (bicyclic) bond motifs is 2. The van der Waals surface area contributed by atoms with Gasteiger partial charge in [-0.05, 0) is 28.1 Å². The molecular weight excluding hydrogens is 272 g/mol. The van der Waals surface area contributed by atoms with Crippen molar-refractivity contribution in [2.24, 2.45) is 9.98 Å². The lowest BCUT2D eigenvalue weighted by atomic mass is 9.85. The van der Waals surface area contributed by atoms with Crippen molar-refractivity contribution in [1.82, 2.24) is 0 Å². The van der Waals surface area contributed by atoms with Crippen LogP contribution in [-0.4, -0.2) is 18.6 Å².